The van der Waals surface area contributed by atoms with E-state index in [2.05, 4.69) is 116 Å². The Bertz CT molecular complexity index is 1350. The van der Waals surface area contributed by atoms with Gasteiger partial charge >= 0.3 is 0 Å². The second-order valence-corrected chi connectivity index (χ2v) is 20.4. The van der Waals surface area contributed by atoms with Gasteiger partial charge in [-0.25, -0.2) is 0 Å². The zero-order valence-electron chi connectivity index (χ0n) is 47.0. The SMILES string of the molecule is CC/C=C\C/C=C\C/C=C\C/C=C\C/C=C\C/C=C\C/C=C\CCCCCCCCCCCCCCCCCCCCCC(=O)NC(CO)C(O)/C=C/CC/C=C/CCCCCCCCCCCCCC. The summed E-state index contributed by atoms with van der Waals surface area (Å²) in [6.07, 6.45) is 92.7. The van der Waals surface area contributed by atoms with Crippen LogP contribution in [-0.4, -0.2) is 34.9 Å². The summed E-state index contributed by atoms with van der Waals surface area (Å²) in [6, 6.07) is -0.643. The van der Waals surface area contributed by atoms with Gasteiger partial charge in [-0.2, -0.15) is 0 Å². The molecule has 0 aliphatic carbocycles. The summed E-state index contributed by atoms with van der Waals surface area (Å²) < 4.78 is 0. The summed E-state index contributed by atoms with van der Waals surface area (Å²) in [7, 11) is 0. The summed E-state index contributed by atoms with van der Waals surface area (Å²) in [5.74, 6) is -0.0731. The molecule has 0 aliphatic rings. The van der Waals surface area contributed by atoms with Crippen molar-refractivity contribution in [3.05, 3.63) is 109 Å². The lowest BCUT2D eigenvalue weighted by atomic mass is 10.0. The number of rotatable bonds is 55. The van der Waals surface area contributed by atoms with Crippen molar-refractivity contribution in [2.24, 2.45) is 0 Å². The molecule has 0 spiro atoms. The van der Waals surface area contributed by atoms with Crippen LogP contribution in [0.1, 0.15) is 290 Å². The molecular weight excluding hydrogens is 867 g/mol. The highest BCUT2D eigenvalue weighted by Gasteiger charge is 2.18. The molecule has 4 nitrogen and oxygen atoms in total. The van der Waals surface area contributed by atoms with Gasteiger partial charge in [-0.1, -0.05) is 303 Å². The van der Waals surface area contributed by atoms with E-state index in [1.165, 1.54) is 193 Å². The average Bonchev–Trinajstić information content (AvgIpc) is 3.37. The number of carbonyl (C=O) groups excluding carboxylic acids is 1. The monoisotopic (exact) mass is 984 g/mol. The van der Waals surface area contributed by atoms with Crippen LogP contribution in [0.2, 0.25) is 0 Å². The maximum Gasteiger partial charge on any atom is 0.220 e. The topological polar surface area (TPSA) is 69.6 Å². The van der Waals surface area contributed by atoms with Gasteiger partial charge in [-0.15, -0.1) is 0 Å². The van der Waals surface area contributed by atoms with E-state index in [4.69, 9.17) is 0 Å². The molecule has 0 saturated carbocycles. The van der Waals surface area contributed by atoms with Crippen molar-refractivity contribution in [1.82, 2.24) is 5.32 Å². The van der Waals surface area contributed by atoms with Gasteiger partial charge in [0.25, 0.3) is 0 Å². The van der Waals surface area contributed by atoms with E-state index in [0.717, 1.165) is 77.0 Å². The Kier molecular flexibility index (Phi) is 58.8. The van der Waals surface area contributed by atoms with Crippen LogP contribution >= 0.6 is 0 Å². The fraction of sp³-hybridized carbons (Fsp3) is 0.716. The Labute approximate surface area is 442 Å². The third-order valence-corrected chi connectivity index (χ3v) is 13.5. The minimum absolute atomic E-state index is 0.0731. The summed E-state index contributed by atoms with van der Waals surface area (Å²) in [4.78, 5) is 12.5. The van der Waals surface area contributed by atoms with Gasteiger partial charge in [0.05, 0.1) is 18.8 Å². The Balaban J connectivity index is 3.50. The predicted octanol–water partition coefficient (Wildman–Crippen LogP) is 20.6. The number of aliphatic hydroxyl groups excluding tert-OH is 2. The number of unbranched alkanes of at least 4 members (excludes halogenated alkanes) is 32. The first-order chi connectivity index (χ1) is 35.2. The van der Waals surface area contributed by atoms with E-state index in [1.807, 2.05) is 6.08 Å². The normalized spacial score (nSPS) is 13.6. The van der Waals surface area contributed by atoms with Crippen molar-refractivity contribution < 1.29 is 15.0 Å². The summed E-state index contributed by atoms with van der Waals surface area (Å²) in [5, 5.41) is 23.1. The second-order valence-electron chi connectivity index (χ2n) is 20.4. The quantitative estimate of drug-likeness (QED) is 0.0420. The molecule has 0 aromatic heterocycles. The lowest BCUT2D eigenvalue weighted by Crippen LogP contribution is -2.45. The van der Waals surface area contributed by atoms with Crippen LogP contribution in [-0.2, 0) is 4.79 Å². The molecule has 4 heteroatoms. The largest absolute Gasteiger partial charge is 0.394 e. The van der Waals surface area contributed by atoms with E-state index in [9.17, 15) is 15.0 Å². The van der Waals surface area contributed by atoms with Crippen molar-refractivity contribution >= 4 is 5.91 Å². The summed E-state index contributed by atoms with van der Waals surface area (Å²) >= 11 is 0. The van der Waals surface area contributed by atoms with Crippen molar-refractivity contribution in [3.63, 3.8) is 0 Å². The number of aliphatic hydroxyl groups is 2. The maximum absolute atomic E-state index is 12.5. The lowest BCUT2D eigenvalue weighted by Gasteiger charge is -2.19. The highest BCUT2D eigenvalue weighted by molar-refractivity contribution is 5.76. The summed E-state index contributed by atoms with van der Waals surface area (Å²) in [5.41, 5.74) is 0. The molecule has 1 amide bonds. The van der Waals surface area contributed by atoms with Crippen LogP contribution in [0.5, 0.6) is 0 Å². The van der Waals surface area contributed by atoms with E-state index in [-0.39, 0.29) is 12.5 Å². The molecule has 0 aliphatic heterocycles. The lowest BCUT2D eigenvalue weighted by molar-refractivity contribution is -0.123. The third-order valence-electron chi connectivity index (χ3n) is 13.5. The molecule has 2 atom stereocenters. The minimum Gasteiger partial charge on any atom is -0.394 e. The fourth-order valence-corrected chi connectivity index (χ4v) is 8.88. The van der Waals surface area contributed by atoms with Crippen molar-refractivity contribution in [2.75, 3.05) is 6.61 Å². The molecule has 0 aromatic carbocycles. The number of amides is 1. The van der Waals surface area contributed by atoms with Crippen LogP contribution in [0.15, 0.2) is 109 Å². The molecule has 0 bridgehead atoms. The second kappa shape index (κ2) is 61.4. The molecule has 0 fully saturated rings. The number of hydrogen-bond acceptors (Lipinski definition) is 3. The molecule has 0 saturated heterocycles. The van der Waals surface area contributed by atoms with E-state index < -0.39 is 12.1 Å². The minimum atomic E-state index is -0.866. The smallest absolute Gasteiger partial charge is 0.220 e. The zero-order chi connectivity index (χ0) is 51.3. The first-order valence-electron chi connectivity index (χ1n) is 30.6. The van der Waals surface area contributed by atoms with Gasteiger partial charge in [-0.3, -0.25) is 4.79 Å². The Morgan fingerprint density at radius 2 is 0.634 bits per heavy atom. The predicted molar refractivity (Wildman–Crippen MR) is 317 cm³/mol. The van der Waals surface area contributed by atoms with Gasteiger partial charge < -0.3 is 15.5 Å². The van der Waals surface area contributed by atoms with E-state index in [0.29, 0.717) is 6.42 Å². The molecule has 71 heavy (non-hydrogen) atoms. The first-order valence-corrected chi connectivity index (χ1v) is 30.6. The molecule has 408 valence electrons. The van der Waals surface area contributed by atoms with Gasteiger partial charge in [0.1, 0.15) is 0 Å². The number of allylic oxidation sites excluding steroid dienone is 17. The van der Waals surface area contributed by atoms with Crippen LogP contribution in [0.3, 0.4) is 0 Å². The number of carbonyl (C=O) groups is 1. The van der Waals surface area contributed by atoms with Crippen molar-refractivity contribution in [2.45, 2.75) is 302 Å². The first kappa shape index (κ1) is 68.0. The molecule has 0 heterocycles. The summed E-state index contributed by atoms with van der Waals surface area (Å²) in [6.45, 7) is 4.19. The highest BCUT2D eigenvalue weighted by Crippen LogP contribution is 2.16. The van der Waals surface area contributed by atoms with Crippen molar-refractivity contribution in [1.29, 1.82) is 0 Å². The molecule has 0 aromatic rings. The van der Waals surface area contributed by atoms with Gasteiger partial charge in [0, 0.05) is 6.42 Å². The molecular formula is C67H117NO3. The van der Waals surface area contributed by atoms with Crippen LogP contribution in [0.4, 0.5) is 0 Å². The fourth-order valence-electron chi connectivity index (χ4n) is 8.88. The van der Waals surface area contributed by atoms with E-state index >= 15 is 0 Å². The zero-order valence-corrected chi connectivity index (χ0v) is 47.0. The number of nitrogens with one attached hydrogen (secondary N) is 1. The highest BCUT2D eigenvalue weighted by atomic mass is 16.3. The molecule has 0 radical (unpaired) electrons. The Morgan fingerprint density at radius 1 is 0.352 bits per heavy atom. The average molecular weight is 985 g/mol. The van der Waals surface area contributed by atoms with Crippen LogP contribution in [0.25, 0.3) is 0 Å². The van der Waals surface area contributed by atoms with Crippen molar-refractivity contribution in [3.8, 4) is 0 Å². The van der Waals surface area contributed by atoms with Gasteiger partial charge in [0.15, 0.2) is 0 Å². The molecule has 3 N–H and O–H groups in total. The van der Waals surface area contributed by atoms with Gasteiger partial charge in [-0.05, 0) is 89.9 Å². The van der Waals surface area contributed by atoms with Crippen LogP contribution < -0.4 is 5.32 Å². The van der Waals surface area contributed by atoms with E-state index in [1.54, 1.807) is 6.08 Å². The third kappa shape index (κ3) is 57.8. The molecule has 2 unspecified atom stereocenters. The number of hydrogen-bond donors (Lipinski definition) is 3. The maximum atomic E-state index is 12.5. The molecule has 0 rings (SSSR count). The van der Waals surface area contributed by atoms with Crippen LogP contribution in [0, 0.1) is 0 Å². The van der Waals surface area contributed by atoms with Gasteiger partial charge in [0.2, 0.25) is 5.91 Å². The standard InChI is InChI=1S/C67H117NO3/c1-3-5-7-9-11-13-15-17-19-21-23-24-25-26-27-28-29-30-31-32-33-34-35-36-37-38-39-40-41-42-43-44-45-47-49-51-53-55-57-59-61-63-67(71)68-65(64-69)66(70)62-60-58-56-54-52-50-48-46-22-20-18-16-14-12-10-8-6-4-2/h5,7,11,13,17,19,23-24,26-27,29-30,32-33,52,54,60,62,65-66,69-70H,3-4,6,8-10,12,14-16,18,20-22,25,28,31,34-51,53,55-59,61,63-64H2,1-2H3,(H,68,71)/b7-5-,13-11-,19-17-,24-23-,27-26-,30-29-,33-32-,54-52+,62-60+. The Morgan fingerprint density at radius 3 is 0.986 bits per heavy atom. The Hall–Kier alpha value is -2.95.